The van der Waals surface area contributed by atoms with Crippen molar-refractivity contribution in [2.75, 3.05) is 11.5 Å². The highest BCUT2D eigenvalue weighted by atomic mass is 32.2. The van der Waals surface area contributed by atoms with E-state index in [0.717, 1.165) is 0 Å². The number of hydrogen-bond acceptors (Lipinski definition) is 0. The maximum Gasteiger partial charge on any atom is 0.133 e. The van der Waals surface area contributed by atoms with Gasteiger partial charge in [0.1, 0.15) is 17.3 Å². The molecule has 1 aromatic carbocycles. The molecule has 0 radical (unpaired) electrons. The molecule has 0 amide bonds. The van der Waals surface area contributed by atoms with Crippen molar-refractivity contribution in [3.05, 3.63) is 35.4 Å². The fourth-order valence-corrected chi connectivity index (χ4v) is 4.58. The lowest BCUT2D eigenvalue weighted by molar-refractivity contribution is 0.590. The van der Waals surface area contributed by atoms with Crippen LogP contribution in [0.3, 0.4) is 0 Å². The molecule has 1 heterocycles. The summed E-state index contributed by atoms with van der Waals surface area (Å²) in [5.41, 5.74) is 3.28. The Labute approximate surface area is 103 Å². The van der Waals surface area contributed by atoms with E-state index in [0.29, 0.717) is 10.9 Å². The van der Waals surface area contributed by atoms with Crippen molar-refractivity contribution >= 4 is 10.9 Å². The summed E-state index contributed by atoms with van der Waals surface area (Å²) in [6, 6.07) is 9.31. The Morgan fingerprint density at radius 2 is 1.56 bits per heavy atom. The molecule has 1 fully saturated rings. The van der Waals surface area contributed by atoms with Gasteiger partial charge in [-0.05, 0) is 34.7 Å². The quantitative estimate of drug-likeness (QED) is 0.682. The molecule has 1 saturated heterocycles. The van der Waals surface area contributed by atoms with Crippen molar-refractivity contribution in [1.82, 2.24) is 0 Å². The van der Waals surface area contributed by atoms with Crippen molar-refractivity contribution < 1.29 is 0 Å². The van der Waals surface area contributed by atoms with Gasteiger partial charge in [-0.2, -0.15) is 0 Å². The normalized spacial score (nSPS) is 17.9. The predicted molar refractivity (Wildman–Crippen MR) is 75.2 cm³/mol. The minimum absolute atomic E-state index is 0.286. The van der Waals surface area contributed by atoms with Crippen molar-refractivity contribution in [3.63, 3.8) is 0 Å². The first-order chi connectivity index (χ1) is 7.55. The largest absolute Gasteiger partial charge is 0.133 e. The van der Waals surface area contributed by atoms with Crippen LogP contribution in [0.5, 0.6) is 0 Å². The van der Waals surface area contributed by atoms with E-state index in [1.54, 1.807) is 5.56 Å². The maximum absolute atomic E-state index is 2.34. The minimum atomic E-state index is 0.286. The third-order valence-electron chi connectivity index (χ3n) is 3.31. The summed E-state index contributed by atoms with van der Waals surface area (Å²) in [5.74, 6) is 4.27. The number of hydrogen-bond donors (Lipinski definition) is 0. The third-order valence-corrected chi connectivity index (χ3v) is 5.78. The average molecular weight is 235 g/mol. The molecule has 0 bridgehead atoms. The molecule has 0 saturated carbocycles. The molecule has 0 atom stereocenters. The second kappa shape index (κ2) is 4.83. The molecular formula is C15H23S+. The van der Waals surface area contributed by atoms with Gasteiger partial charge in [-0.25, -0.2) is 0 Å². The highest BCUT2D eigenvalue weighted by molar-refractivity contribution is 7.96. The van der Waals surface area contributed by atoms with Crippen molar-refractivity contribution in [2.24, 2.45) is 0 Å². The van der Waals surface area contributed by atoms with Crippen LogP contribution in [0.1, 0.15) is 44.7 Å². The standard InChI is InChI=1S/C15H23S/c1-15(2,3)14-8-6-13(7-9-14)12-16-10-4-5-11-16/h6-9H,4-5,10-12H2,1-3H3/q+1. The van der Waals surface area contributed by atoms with Gasteiger partial charge in [0.15, 0.2) is 0 Å². The van der Waals surface area contributed by atoms with Crippen LogP contribution in [-0.2, 0) is 22.1 Å². The summed E-state index contributed by atoms with van der Waals surface area (Å²) in [6.07, 6.45) is 2.92. The molecule has 0 N–H and O–H groups in total. The van der Waals surface area contributed by atoms with Gasteiger partial charge in [0.2, 0.25) is 0 Å². The molecule has 1 aliphatic heterocycles. The van der Waals surface area contributed by atoms with E-state index in [1.807, 2.05) is 0 Å². The summed E-state index contributed by atoms with van der Waals surface area (Å²) >= 11 is 0. The predicted octanol–water partition coefficient (Wildman–Crippen LogP) is 3.90. The van der Waals surface area contributed by atoms with Crippen LogP contribution < -0.4 is 0 Å². The molecule has 0 nitrogen and oxygen atoms in total. The van der Waals surface area contributed by atoms with Crippen molar-refractivity contribution in [1.29, 1.82) is 0 Å². The Balaban J connectivity index is 2.01. The van der Waals surface area contributed by atoms with Crippen LogP contribution in [-0.4, -0.2) is 11.5 Å². The lowest BCUT2D eigenvalue weighted by atomic mass is 9.87. The molecule has 1 aromatic rings. The minimum Gasteiger partial charge on any atom is -0.0581 e. The smallest absolute Gasteiger partial charge is 0.0581 e. The van der Waals surface area contributed by atoms with Gasteiger partial charge in [0, 0.05) is 5.56 Å². The zero-order valence-corrected chi connectivity index (χ0v) is 11.6. The third kappa shape index (κ3) is 3.04. The Morgan fingerprint density at radius 3 is 2.06 bits per heavy atom. The van der Waals surface area contributed by atoms with Crippen LogP contribution in [0, 0.1) is 0 Å². The molecule has 0 spiro atoms. The lowest BCUT2D eigenvalue weighted by Gasteiger charge is -2.18. The Bertz CT molecular complexity index is 325. The lowest BCUT2D eigenvalue weighted by Crippen LogP contribution is -2.11. The molecule has 1 aliphatic rings. The molecule has 0 aromatic heterocycles. The van der Waals surface area contributed by atoms with Gasteiger partial charge in [0.05, 0.1) is 0 Å². The molecule has 88 valence electrons. The van der Waals surface area contributed by atoms with Crippen LogP contribution >= 0.6 is 0 Å². The fraction of sp³-hybridized carbons (Fsp3) is 0.600. The summed E-state index contributed by atoms with van der Waals surface area (Å²) in [5, 5.41) is 0. The second-order valence-corrected chi connectivity index (χ2v) is 8.15. The van der Waals surface area contributed by atoms with Gasteiger partial charge in [-0.1, -0.05) is 45.0 Å². The summed E-state index contributed by atoms with van der Waals surface area (Å²) in [4.78, 5) is 0. The van der Waals surface area contributed by atoms with Gasteiger partial charge < -0.3 is 0 Å². The first-order valence-corrected chi connectivity index (χ1v) is 8.02. The molecule has 2 rings (SSSR count). The summed E-state index contributed by atoms with van der Waals surface area (Å²) < 4.78 is 0. The van der Waals surface area contributed by atoms with Crippen LogP contribution in [0.4, 0.5) is 0 Å². The Morgan fingerprint density at radius 1 is 1.00 bits per heavy atom. The Hall–Kier alpha value is -0.430. The summed E-state index contributed by atoms with van der Waals surface area (Å²) in [7, 11) is 0.694. The van der Waals surface area contributed by atoms with Gasteiger partial charge >= 0.3 is 0 Å². The highest BCUT2D eigenvalue weighted by Crippen LogP contribution is 2.24. The molecule has 16 heavy (non-hydrogen) atoms. The fourth-order valence-electron chi connectivity index (χ4n) is 2.20. The number of rotatable bonds is 2. The van der Waals surface area contributed by atoms with Crippen LogP contribution in [0.25, 0.3) is 0 Å². The average Bonchev–Trinajstić information content (AvgIpc) is 2.70. The first-order valence-electron chi connectivity index (χ1n) is 6.29. The molecule has 0 unspecified atom stereocenters. The van der Waals surface area contributed by atoms with Crippen LogP contribution in [0.2, 0.25) is 0 Å². The van der Waals surface area contributed by atoms with E-state index >= 15 is 0 Å². The van der Waals surface area contributed by atoms with Gasteiger partial charge in [-0.15, -0.1) is 0 Å². The van der Waals surface area contributed by atoms with Crippen LogP contribution in [0.15, 0.2) is 24.3 Å². The molecular weight excluding hydrogens is 212 g/mol. The zero-order chi connectivity index (χ0) is 11.6. The van der Waals surface area contributed by atoms with E-state index in [2.05, 4.69) is 45.0 Å². The maximum atomic E-state index is 2.34. The zero-order valence-electron chi connectivity index (χ0n) is 10.8. The summed E-state index contributed by atoms with van der Waals surface area (Å²) in [6.45, 7) is 6.84. The van der Waals surface area contributed by atoms with E-state index in [4.69, 9.17) is 0 Å². The van der Waals surface area contributed by atoms with Gasteiger partial charge in [-0.3, -0.25) is 0 Å². The van der Waals surface area contributed by atoms with Crippen molar-refractivity contribution in [3.8, 4) is 0 Å². The van der Waals surface area contributed by atoms with E-state index in [-0.39, 0.29) is 5.41 Å². The topological polar surface area (TPSA) is 0 Å². The Kier molecular flexibility index (Phi) is 3.63. The molecule has 0 aliphatic carbocycles. The number of benzene rings is 1. The first kappa shape index (κ1) is 12.0. The van der Waals surface area contributed by atoms with E-state index in [1.165, 1.54) is 35.7 Å². The van der Waals surface area contributed by atoms with Gasteiger partial charge in [0.25, 0.3) is 0 Å². The SMILES string of the molecule is CC(C)(C)c1ccc(C[S+]2CCCC2)cc1. The van der Waals surface area contributed by atoms with E-state index < -0.39 is 0 Å². The monoisotopic (exact) mass is 235 g/mol. The van der Waals surface area contributed by atoms with E-state index in [9.17, 15) is 0 Å². The second-order valence-electron chi connectivity index (χ2n) is 5.82. The highest BCUT2D eigenvalue weighted by Gasteiger charge is 2.24. The van der Waals surface area contributed by atoms with Crippen molar-refractivity contribution in [2.45, 2.75) is 44.8 Å². The molecule has 1 heteroatoms.